The molecule has 0 amide bonds. The van der Waals surface area contributed by atoms with E-state index < -0.39 is 17.9 Å². The molecule has 0 aliphatic carbocycles. The molecule has 5 nitrogen and oxygen atoms in total. The van der Waals surface area contributed by atoms with Crippen molar-refractivity contribution in [2.75, 3.05) is 0 Å². The Labute approximate surface area is 74.6 Å². The number of carbonyl (C=O) groups excluding carboxylic acids is 3. The van der Waals surface area contributed by atoms with Gasteiger partial charge in [-0.3, -0.25) is 14.4 Å². The number of esters is 2. The zero-order chi connectivity index (χ0) is 9.56. The minimum Gasteiger partial charge on any atom is -0.395 e. The van der Waals surface area contributed by atoms with E-state index in [2.05, 4.69) is 21.8 Å². The van der Waals surface area contributed by atoms with Crippen LogP contribution in [0.1, 0.15) is 19.8 Å². The monoisotopic (exact) mass is 192 g/mol. The van der Waals surface area contributed by atoms with Gasteiger partial charge in [0.05, 0.1) is 12.8 Å². The molecular weight excluding hydrogens is 184 g/mol. The molecule has 0 rings (SSSR count). The molecule has 0 bridgehead atoms. The topological polar surface area (TPSA) is 69.7 Å². The third-order valence-corrected chi connectivity index (χ3v) is 1.10. The van der Waals surface area contributed by atoms with Crippen molar-refractivity contribution in [2.24, 2.45) is 0 Å². The number of carbonyl (C=O) groups is 3. The lowest BCUT2D eigenvalue weighted by atomic mass is 10.3. The van der Waals surface area contributed by atoms with Crippen LogP contribution in [-0.4, -0.2) is 17.9 Å². The molecule has 0 aromatic rings. The Morgan fingerprint density at radius 2 is 1.67 bits per heavy atom. The second-order valence-electron chi connectivity index (χ2n) is 1.93. The molecule has 0 aromatic heterocycles. The van der Waals surface area contributed by atoms with Crippen LogP contribution in [0.15, 0.2) is 0 Å². The van der Waals surface area contributed by atoms with Crippen molar-refractivity contribution in [3.8, 4) is 0 Å². The molecule has 12 heavy (non-hydrogen) atoms. The van der Waals surface area contributed by atoms with Crippen molar-refractivity contribution < 1.29 is 23.3 Å². The van der Waals surface area contributed by atoms with Crippen LogP contribution in [0.4, 0.5) is 0 Å². The summed E-state index contributed by atoms with van der Waals surface area (Å²) in [5.41, 5.74) is 0. The Morgan fingerprint density at radius 1 is 1.17 bits per heavy atom. The first-order valence-electron chi connectivity index (χ1n) is 3.11. The lowest BCUT2D eigenvalue weighted by molar-refractivity contribution is -0.159. The molecule has 0 aliphatic rings. The van der Waals surface area contributed by atoms with Crippen LogP contribution in [0.3, 0.4) is 0 Å². The summed E-state index contributed by atoms with van der Waals surface area (Å²) in [4.78, 5) is 31.2. The molecule has 0 atom stereocenters. The standard InChI is InChI=1S/C6H8O5S/c1-4(7)10-5(8)2-3-6(9)11-12/h12H,2-3H2,1H3. The van der Waals surface area contributed by atoms with Crippen LogP contribution < -0.4 is 0 Å². The van der Waals surface area contributed by atoms with Gasteiger partial charge >= 0.3 is 17.9 Å². The Balaban J connectivity index is 3.57. The smallest absolute Gasteiger partial charge is 0.318 e. The van der Waals surface area contributed by atoms with Gasteiger partial charge in [0.25, 0.3) is 0 Å². The molecule has 6 heteroatoms. The van der Waals surface area contributed by atoms with Gasteiger partial charge in [-0.1, -0.05) is 0 Å². The number of thiol groups is 1. The molecule has 0 N–H and O–H groups in total. The third-order valence-electron chi connectivity index (χ3n) is 0.893. The summed E-state index contributed by atoms with van der Waals surface area (Å²) in [6.07, 6.45) is -0.325. The maximum absolute atomic E-state index is 10.6. The fourth-order valence-corrected chi connectivity index (χ4v) is 0.552. The van der Waals surface area contributed by atoms with E-state index in [4.69, 9.17) is 0 Å². The molecule has 0 radical (unpaired) electrons. The highest BCUT2D eigenvalue weighted by molar-refractivity contribution is 7.75. The van der Waals surface area contributed by atoms with E-state index in [1.54, 1.807) is 0 Å². The van der Waals surface area contributed by atoms with E-state index in [-0.39, 0.29) is 12.8 Å². The van der Waals surface area contributed by atoms with Gasteiger partial charge in [0, 0.05) is 19.8 Å². The van der Waals surface area contributed by atoms with Gasteiger partial charge in [-0.2, -0.15) is 0 Å². The van der Waals surface area contributed by atoms with Crippen molar-refractivity contribution >= 4 is 30.8 Å². The summed E-state index contributed by atoms with van der Waals surface area (Å²) in [5, 5.41) is 0. The summed E-state index contributed by atoms with van der Waals surface area (Å²) in [6, 6.07) is 0. The number of hydrogen-bond acceptors (Lipinski definition) is 6. The van der Waals surface area contributed by atoms with Gasteiger partial charge in [-0.25, -0.2) is 0 Å². The predicted molar refractivity (Wildman–Crippen MR) is 41.1 cm³/mol. The quantitative estimate of drug-likeness (QED) is 0.300. The lowest BCUT2D eigenvalue weighted by Crippen LogP contribution is -2.10. The van der Waals surface area contributed by atoms with Crippen molar-refractivity contribution in [1.29, 1.82) is 0 Å². The number of ether oxygens (including phenoxy) is 1. The van der Waals surface area contributed by atoms with Gasteiger partial charge in [0.1, 0.15) is 0 Å². The summed E-state index contributed by atoms with van der Waals surface area (Å²) >= 11 is 3.22. The van der Waals surface area contributed by atoms with Crippen molar-refractivity contribution in [3.63, 3.8) is 0 Å². The van der Waals surface area contributed by atoms with Crippen LogP contribution in [0, 0.1) is 0 Å². The highest BCUT2D eigenvalue weighted by atomic mass is 32.1. The summed E-state index contributed by atoms with van der Waals surface area (Å²) < 4.78 is 8.10. The molecule has 0 fully saturated rings. The van der Waals surface area contributed by atoms with Crippen LogP contribution >= 0.6 is 12.9 Å². The molecule has 0 saturated heterocycles. The number of hydrogen-bond donors (Lipinski definition) is 1. The Morgan fingerprint density at radius 3 is 2.08 bits per heavy atom. The second-order valence-corrected chi connectivity index (χ2v) is 2.11. The highest BCUT2D eigenvalue weighted by Crippen LogP contribution is 1.96. The molecule has 0 saturated carbocycles. The minimum atomic E-state index is -0.749. The Bertz CT molecular complexity index is 200. The lowest BCUT2D eigenvalue weighted by Gasteiger charge is -1.97. The van der Waals surface area contributed by atoms with Gasteiger partial charge in [-0.15, -0.1) is 0 Å². The second kappa shape index (κ2) is 5.59. The van der Waals surface area contributed by atoms with Gasteiger partial charge in [-0.05, 0) is 0 Å². The SMILES string of the molecule is CC(=O)OC(=O)CCC(=O)OS. The maximum Gasteiger partial charge on any atom is 0.318 e. The van der Waals surface area contributed by atoms with Crippen molar-refractivity contribution in [2.45, 2.75) is 19.8 Å². The molecule has 0 aromatic carbocycles. The van der Waals surface area contributed by atoms with E-state index in [0.29, 0.717) is 0 Å². The normalized spacial score (nSPS) is 8.83. The van der Waals surface area contributed by atoms with Crippen molar-refractivity contribution in [1.82, 2.24) is 0 Å². The predicted octanol–water partition coefficient (Wildman–Crippen LogP) is 0.244. The van der Waals surface area contributed by atoms with E-state index in [9.17, 15) is 14.4 Å². The first-order chi connectivity index (χ1) is 5.56. The fraction of sp³-hybridized carbons (Fsp3) is 0.500. The summed E-state index contributed by atoms with van der Waals surface area (Å²) in [5.74, 6) is -2.08. The van der Waals surface area contributed by atoms with E-state index in [1.807, 2.05) is 0 Å². The largest absolute Gasteiger partial charge is 0.395 e. The van der Waals surface area contributed by atoms with Crippen LogP contribution in [0.2, 0.25) is 0 Å². The first kappa shape index (κ1) is 11.0. The Kier molecular flexibility index (Phi) is 5.11. The molecule has 68 valence electrons. The van der Waals surface area contributed by atoms with Gasteiger partial charge in [0.15, 0.2) is 0 Å². The van der Waals surface area contributed by atoms with Gasteiger partial charge in [0.2, 0.25) is 0 Å². The number of rotatable bonds is 3. The third kappa shape index (κ3) is 5.72. The molecule has 0 unspecified atom stereocenters. The van der Waals surface area contributed by atoms with Crippen LogP contribution in [0.5, 0.6) is 0 Å². The molecule has 0 aliphatic heterocycles. The van der Waals surface area contributed by atoms with E-state index in [0.717, 1.165) is 6.92 Å². The average Bonchev–Trinajstić information content (AvgIpc) is 1.99. The van der Waals surface area contributed by atoms with Gasteiger partial charge < -0.3 is 8.92 Å². The minimum absolute atomic E-state index is 0.143. The molecule has 0 spiro atoms. The van der Waals surface area contributed by atoms with Crippen LogP contribution in [-0.2, 0) is 23.3 Å². The van der Waals surface area contributed by atoms with E-state index in [1.165, 1.54) is 0 Å². The average molecular weight is 192 g/mol. The highest BCUT2D eigenvalue weighted by Gasteiger charge is 2.09. The van der Waals surface area contributed by atoms with Crippen molar-refractivity contribution in [3.05, 3.63) is 0 Å². The zero-order valence-electron chi connectivity index (χ0n) is 6.40. The molecule has 0 heterocycles. The fourth-order valence-electron chi connectivity index (χ4n) is 0.461. The summed E-state index contributed by atoms with van der Waals surface area (Å²) in [7, 11) is 0. The van der Waals surface area contributed by atoms with Crippen LogP contribution in [0.25, 0.3) is 0 Å². The summed E-state index contributed by atoms with van der Waals surface area (Å²) in [6.45, 7) is 1.11. The Hall–Kier alpha value is -1.04. The maximum atomic E-state index is 10.6. The molecular formula is C6H8O5S. The first-order valence-corrected chi connectivity index (χ1v) is 3.48. The zero-order valence-corrected chi connectivity index (χ0v) is 7.30. The van der Waals surface area contributed by atoms with E-state index >= 15 is 0 Å².